The van der Waals surface area contributed by atoms with Crippen LogP contribution in [0.1, 0.15) is 24.5 Å². The van der Waals surface area contributed by atoms with Gasteiger partial charge in [0.1, 0.15) is 5.75 Å². The van der Waals surface area contributed by atoms with Crippen LogP contribution >= 0.6 is 27.7 Å². The number of rotatable bonds is 7. The molecule has 0 aromatic heterocycles. The van der Waals surface area contributed by atoms with E-state index < -0.39 is 16.1 Å². The molecule has 3 rings (SSSR count). The maximum Gasteiger partial charge on any atom is 0.293 e. The number of nitro benzene ring substituents is 1. The third-order valence-electron chi connectivity index (χ3n) is 4.11. The van der Waals surface area contributed by atoms with Crippen LogP contribution in [-0.2, 0) is 11.3 Å². The number of nitro groups is 1. The Balaban J connectivity index is 1.80. The maximum absolute atomic E-state index is 12.7. The average Bonchev–Trinajstić information content (AvgIpc) is 2.95. The van der Waals surface area contributed by atoms with Crippen LogP contribution in [0.5, 0.6) is 5.75 Å². The largest absolute Gasteiger partial charge is 0.492 e. The molecule has 0 radical (unpaired) electrons. The number of thioether (sulfide) groups is 1. The summed E-state index contributed by atoms with van der Waals surface area (Å²) in [6.45, 7) is 2.47. The number of amides is 2. The maximum atomic E-state index is 12.7. The number of carbonyl (C=O) groups excluding carboxylic acids is 2. The molecule has 0 atom stereocenters. The van der Waals surface area contributed by atoms with E-state index in [0.717, 1.165) is 33.1 Å². The highest BCUT2D eigenvalue weighted by Gasteiger charge is 2.36. The summed E-state index contributed by atoms with van der Waals surface area (Å²) < 4.78 is 6.35. The van der Waals surface area contributed by atoms with E-state index in [1.54, 1.807) is 36.4 Å². The Morgan fingerprint density at radius 1 is 1.24 bits per heavy atom. The smallest absolute Gasteiger partial charge is 0.293 e. The fourth-order valence-electron chi connectivity index (χ4n) is 2.72. The van der Waals surface area contributed by atoms with Gasteiger partial charge >= 0.3 is 0 Å². The van der Waals surface area contributed by atoms with E-state index in [2.05, 4.69) is 15.9 Å². The number of ether oxygens (including phenoxy) is 1. The summed E-state index contributed by atoms with van der Waals surface area (Å²) >= 11 is 4.26. The van der Waals surface area contributed by atoms with Crippen molar-refractivity contribution < 1.29 is 19.2 Å². The van der Waals surface area contributed by atoms with Crippen molar-refractivity contribution in [3.8, 4) is 5.75 Å². The molecule has 0 bridgehead atoms. The Hall–Kier alpha value is -2.65. The van der Waals surface area contributed by atoms with Crippen molar-refractivity contribution in [1.82, 2.24) is 4.90 Å². The van der Waals surface area contributed by atoms with E-state index in [9.17, 15) is 19.7 Å². The zero-order valence-electron chi connectivity index (χ0n) is 15.5. The highest BCUT2D eigenvalue weighted by atomic mass is 79.9. The first-order valence-corrected chi connectivity index (χ1v) is 10.4. The SMILES string of the molecule is CCCOc1ccc(/C=C2\SC(=O)N(Cc3ccccc3[N+](=O)[O-])C2=O)cc1Br. The van der Waals surface area contributed by atoms with Crippen molar-refractivity contribution in [1.29, 1.82) is 0 Å². The summed E-state index contributed by atoms with van der Waals surface area (Å²) in [5.41, 5.74) is 0.917. The van der Waals surface area contributed by atoms with Gasteiger partial charge in [-0.1, -0.05) is 31.2 Å². The van der Waals surface area contributed by atoms with Gasteiger partial charge in [-0.05, 0) is 57.9 Å². The molecule has 0 spiro atoms. The van der Waals surface area contributed by atoms with E-state index >= 15 is 0 Å². The van der Waals surface area contributed by atoms with Crippen LogP contribution < -0.4 is 4.74 Å². The van der Waals surface area contributed by atoms with Gasteiger partial charge in [0.25, 0.3) is 16.8 Å². The van der Waals surface area contributed by atoms with Gasteiger partial charge in [-0.2, -0.15) is 0 Å². The number of para-hydroxylation sites is 1. The molecule has 1 fully saturated rings. The molecule has 1 saturated heterocycles. The average molecular weight is 477 g/mol. The lowest BCUT2D eigenvalue weighted by atomic mass is 10.1. The molecule has 2 aromatic rings. The Bertz CT molecular complexity index is 1010. The highest BCUT2D eigenvalue weighted by molar-refractivity contribution is 9.10. The van der Waals surface area contributed by atoms with E-state index in [0.29, 0.717) is 17.9 Å². The Morgan fingerprint density at radius 2 is 2.00 bits per heavy atom. The lowest BCUT2D eigenvalue weighted by molar-refractivity contribution is -0.385. The van der Waals surface area contributed by atoms with Crippen LogP contribution in [0.15, 0.2) is 51.8 Å². The number of hydrogen-bond acceptors (Lipinski definition) is 6. The lowest BCUT2D eigenvalue weighted by Crippen LogP contribution is -2.27. The first-order valence-electron chi connectivity index (χ1n) is 8.80. The van der Waals surface area contributed by atoms with Gasteiger partial charge in [0, 0.05) is 11.6 Å². The fourth-order valence-corrected chi connectivity index (χ4v) is 4.07. The molecule has 150 valence electrons. The first kappa shape index (κ1) is 21.1. The first-order chi connectivity index (χ1) is 13.9. The third kappa shape index (κ3) is 4.86. The van der Waals surface area contributed by atoms with Crippen LogP contribution in [0.25, 0.3) is 6.08 Å². The highest BCUT2D eigenvalue weighted by Crippen LogP contribution is 2.35. The minimum absolute atomic E-state index is 0.123. The number of hydrogen-bond donors (Lipinski definition) is 0. The number of carbonyl (C=O) groups is 2. The molecule has 2 aromatic carbocycles. The summed E-state index contributed by atoms with van der Waals surface area (Å²) in [4.78, 5) is 37.0. The molecular formula is C20H17BrN2O5S. The molecule has 0 saturated carbocycles. The summed E-state index contributed by atoms with van der Waals surface area (Å²) in [6.07, 6.45) is 2.51. The number of imide groups is 1. The van der Waals surface area contributed by atoms with Crippen molar-refractivity contribution in [3.63, 3.8) is 0 Å². The number of nitrogens with zero attached hydrogens (tertiary/aromatic N) is 2. The van der Waals surface area contributed by atoms with Crippen molar-refractivity contribution >= 4 is 50.6 Å². The van der Waals surface area contributed by atoms with E-state index in [1.165, 1.54) is 12.1 Å². The van der Waals surface area contributed by atoms with Crippen molar-refractivity contribution in [2.45, 2.75) is 19.9 Å². The standard InChI is InChI=1S/C20H17BrN2O5S/c1-2-9-28-17-8-7-13(10-15(17)21)11-18-19(24)22(20(25)29-18)12-14-5-3-4-6-16(14)23(26)27/h3-8,10-11H,2,9,12H2,1H3/b18-11-. The number of benzene rings is 2. The predicted molar refractivity (Wildman–Crippen MR) is 115 cm³/mol. The summed E-state index contributed by atoms with van der Waals surface area (Å²) in [5, 5.41) is 10.7. The monoisotopic (exact) mass is 476 g/mol. The Morgan fingerprint density at radius 3 is 2.69 bits per heavy atom. The quantitative estimate of drug-likeness (QED) is 0.302. The van der Waals surface area contributed by atoms with Crippen LogP contribution in [-0.4, -0.2) is 27.6 Å². The Labute approximate surface area is 180 Å². The second-order valence-corrected chi connectivity index (χ2v) is 8.04. The Kier molecular flexibility index (Phi) is 6.71. The lowest BCUT2D eigenvalue weighted by Gasteiger charge is -2.12. The molecule has 1 aliphatic heterocycles. The normalized spacial score (nSPS) is 15.2. The summed E-state index contributed by atoms with van der Waals surface area (Å²) in [7, 11) is 0. The van der Waals surface area contributed by atoms with Crippen LogP contribution in [0.3, 0.4) is 0 Å². The molecule has 29 heavy (non-hydrogen) atoms. The summed E-state index contributed by atoms with van der Waals surface area (Å²) in [6, 6.07) is 11.5. The minimum Gasteiger partial charge on any atom is -0.492 e. The van der Waals surface area contributed by atoms with Gasteiger partial charge in [-0.25, -0.2) is 0 Å². The number of halogens is 1. The van der Waals surface area contributed by atoms with Gasteiger partial charge in [-0.15, -0.1) is 0 Å². The van der Waals surface area contributed by atoms with Gasteiger partial charge in [-0.3, -0.25) is 24.6 Å². The third-order valence-corrected chi connectivity index (χ3v) is 5.63. The fraction of sp³-hybridized carbons (Fsp3) is 0.200. The predicted octanol–water partition coefficient (Wildman–Crippen LogP) is 5.38. The van der Waals surface area contributed by atoms with Gasteiger partial charge in [0.2, 0.25) is 0 Å². The zero-order valence-corrected chi connectivity index (χ0v) is 17.9. The molecule has 0 aliphatic carbocycles. The van der Waals surface area contributed by atoms with Crippen molar-refractivity contribution in [2.24, 2.45) is 0 Å². The zero-order chi connectivity index (χ0) is 21.0. The molecule has 1 heterocycles. The van der Waals surface area contributed by atoms with Gasteiger partial charge in [0.15, 0.2) is 0 Å². The summed E-state index contributed by atoms with van der Waals surface area (Å²) in [5.74, 6) is 0.231. The second kappa shape index (κ2) is 9.23. The minimum atomic E-state index is -0.524. The van der Waals surface area contributed by atoms with Crippen LogP contribution in [0, 0.1) is 10.1 Å². The van der Waals surface area contributed by atoms with Crippen LogP contribution in [0.2, 0.25) is 0 Å². The second-order valence-electron chi connectivity index (χ2n) is 6.19. The molecule has 2 amide bonds. The molecule has 9 heteroatoms. The molecule has 1 aliphatic rings. The molecule has 0 N–H and O–H groups in total. The van der Waals surface area contributed by atoms with Gasteiger partial charge < -0.3 is 4.74 Å². The van der Waals surface area contributed by atoms with E-state index in [4.69, 9.17) is 4.74 Å². The van der Waals surface area contributed by atoms with Gasteiger partial charge in [0.05, 0.1) is 27.5 Å². The molecular weight excluding hydrogens is 460 g/mol. The van der Waals surface area contributed by atoms with Crippen molar-refractivity contribution in [3.05, 3.63) is 73.1 Å². The topological polar surface area (TPSA) is 89.8 Å². The van der Waals surface area contributed by atoms with Crippen LogP contribution in [0.4, 0.5) is 10.5 Å². The van der Waals surface area contributed by atoms with Crippen molar-refractivity contribution in [2.75, 3.05) is 6.61 Å². The molecule has 7 nitrogen and oxygen atoms in total. The van der Waals surface area contributed by atoms with E-state index in [-0.39, 0.29) is 17.1 Å². The van der Waals surface area contributed by atoms with E-state index in [1.807, 2.05) is 6.92 Å². The molecule has 0 unspecified atom stereocenters.